The van der Waals surface area contributed by atoms with E-state index in [0.29, 0.717) is 30.0 Å². The first kappa shape index (κ1) is 15.0. The summed E-state index contributed by atoms with van der Waals surface area (Å²) in [6, 6.07) is 10.1. The lowest BCUT2D eigenvalue weighted by atomic mass is 10.1. The average molecular weight is 324 g/mol. The molecule has 7 heteroatoms. The number of nitrogens with two attached hydrogens (primary N) is 1. The van der Waals surface area contributed by atoms with E-state index in [1.165, 1.54) is 6.42 Å². The molecule has 0 bridgehead atoms. The van der Waals surface area contributed by atoms with Crippen molar-refractivity contribution in [2.45, 2.75) is 25.4 Å². The first-order valence-electron chi connectivity index (χ1n) is 8.23. The Labute approximate surface area is 139 Å². The van der Waals surface area contributed by atoms with E-state index in [9.17, 15) is 0 Å². The Hall–Kier alpha value is -2.51. The van der Waals surface area contributed by atoms with Gasteiger partial charge >= 0.3 is 0 Å². The van der Waals surface area contributed by atoms with Crippen LogP contribution in [0.25, 0.3) is 23.0 Å². The minimum Gasteiger partial charge on any atom is -0.332 e. The molecule has 3 heterocycles. The molecule has 4 rings (SSSR count). The molecule has 3 N–H and O–H groups in total. The molecule has 1 atom stereocenters. The fourth-order valence-electron chi connectivity index (χ4n) is 2.95. The van der Waals surface area contributed by atoms with Crippen LogP contribution in [0.2, 0.25) is 0 Å². The summed E-state index contributed by atoms with van der Waals surface area (Å²) in [5.41, 5.74) is 8.30. The molecular weight excluding hydrogens is 304 g/mol. The van der Waals surface area contributed by atoms with Crippen molar-refractivity contribution >= 4 is 0 Å². The second-order valence-corrected chi connectivity index (χ2v) is 6.01. The van der Waals surface area contributed by atoms with Crippen LogP contribution in [0.15, 0.2) is 41.1 Å². The highest BCUT2D eigenvalue weighted by Gasteiger charge is 2.18. The summed E-state index contributed by atoms with van der Waals surface area (Å²) in [5, 5.41) is 12.1. The Morgan fingerprint density at radius 3 is 2.88 bits per heavy atom. The highest BCUT2D eigenvalue weighted by atomic mass is 16.5. The van der Waals surface area contributed by atoms with Crippen LogP contribution >= 0.6 is 0 Å². The molecule has 1 aliphatic rings. The van der Waals surface area contributed by atoms with E-state index in [1.54, 1.807) is 0 Å². The lowest BCUT2D eigenvalue weighted by Crippen LogP contribution is -2.31. The van der Waals surface area contributed by atoms with E-state index < -0.39 is 0 Å². The zero-order valence-corrected chi connectivity index (χ0v) is 13.4. The standard InChI is InChI=1S/C17H20N6O/c18-10-12-3-5-13(6-4-12)16-20-17(24-22-16)15-7-9-23(21-15)14-2-1-8-19-11-14/h3-7,9,14,19H,1-2,8,10-11,18H2. The molecular formula is C17H20N6O. The highest BCUT2D eigenvalue weighted by Crippen LogP contribution is 2.23. The third-order valence-electron chi connectivity index (χ3n) is 4.35. The monoisotopic (exact) mass is 324 g/mol. The summed E-state index contributed by atoms with van der Waals surface area (Å²) in [6.07, 6.45) is 4.28. The van der Waals surface area contributed by atoms with E-state index in [4.69, 9.17) is 10.3 Å². The number of nitrogens with zero attached hydrogens (tertiary/aromatic N) is 4. The number of aromatic nitrogens is 4. The average Bonchev–Trinajstić information content (AvgIpc) is 3.32. The first-order valence-corrected chi connectivity index (χ1v) is 8.23. The summed E-state index contributed by atoms with van der Waals surface area (Å²) < 4.78 is 7.37. The normalized spacial score (nSPS) is 18.0. The number of piperidine rings is 1. The van der Waals surface area contributed by atoms with Gasteiger partial charge in [0.25, 0.3) is 5.89 Å². The molecule has 1 fully saturated rings. The lowest BCUT2D eigenvalue weighted by molar-refractivity contribution is 0.346. The van der Waals surface area contributed by atoms with Crippen molar-refractivity contribution in [1.82, 2.24) is 25.2 Å². The number of benzene rings is 1. The molecule has 3 aromatic rings. The van der Waals surface area contributed by atoms with E-state index in [1.807, 2.05) is 41.2 Å². The van der Waals surface area contributed by atoms with Gasteiger partial charge in [-0.05, 0) is 31.0 Å². The van der Waals surface area contributed by atoms with Gasteiger partial charge in [-0.25, -0.2) is 0 Å². The molecule has 0 spiro atoms. The molecule has 1 saturated heterocycles. The van der Waals surface area contributed by atoms with Crippen molar-refractivity contribution in [1.29, 1.82) is 0 Å². The fourth-order valence-corrected chi connectivity index (χ4v) is 2.95. The van der Waals surface area contributed by atoms with Gasteiger partial charge in [-0.2, -0.15) is 10.1 Å². The van der Waals surface area contributed by atoms with Gasteiger partial charge in [0.2, 0.25) is 5.82 Å². The highest BCUT2D eigenvalue weighted by molar-refractivity contribution is 5.58. The summed E-state index contributed by atoms with van der Waals surface area (Å²) in [5.74, 6) is 0.998. The smallest absolute Gasteiger partial charge is 0.278 e. The van der Waals surface area contributed by atoms with Crippen molar-refractivity contribution in [3.8, 4) is 23.0 Å². The zero-order chi connectivity index (χ0) is 16.4. The second-order valence-electron chi connectivity index (χ2n) is 6.01. The lowest BCUT2D eigenvalue weighted by Gasteiger charge is -2.22. The number of nitrogens with one attached hydrogen (secondary N) is 1. The van der Waals surface area contributed by atoms with Crippen molar-refractivity contribution in [2.75, 3.05) is 13.1 Å². The molecule has 24 heavy (non-hydrogen) atoms. The first-order chi connectivity index (χ1) is 11.8. The van der Waals surface area contributed by atoms with Crippen LogP contribution in [0.3, 0.4) is 0 Å². The molecule has 0 saturated carbocycles. The van der Waals surface area contributed by atoms with Gasteiger partial charge in [0, 0.05) is 24.8 Å². The zero-order valence-electron chi connectivity index (χ0n) is 13.4. The minimum absolute atomic E-state index is 0.388. The third-order valence-corrected chi connectivity index (χ3v) is 4.35. The third kappa shape index (κ3) is 2.95. The summed E-state index contributed by atoms with van der Waals surface area (Å²) in [7, 11) is 0. The molecule has 1 aliphatic heterocycles. The number of hydrogen-bond acceptors (Lipinski definition) is 6. The van der Waals surface area contributed by atoms with Gasteiger partial charge in [-0.15, -0.1) is 0 Å². The van der Waals surface area contributed by atoms with Crippen LogP contribution in [0.1, 0.15) is 24.4 Å². The van der Waals surface area contributed by atoms with Gasteiger partial charge < -0.3 is 15.6 Å². The van der Waals surface area contributed by atoms with Gasteiger partial charge in [0.05, 0.1) is 6.04 Å². The molecule has 7 nitrogen and oxygen atoms in total. The van der Waals surface area contributed by atoms with E-state index >= 15 is 0 Å². The van der Waals surface area contributed by atoms with Crippen LogP contribution in [-0.4, -0.2) is 33.0 Å². The quantitative estimate of drug-likeness (QED) is 0.762. The second kappa shape index (κ2) is 6.54. The van der Waals surface area contributed by atoms with E-state index in [-0.39, 0.29) is 0 Å². The van der Waals surface area contributed by atoms with Crippen molar-refractivity contribution in [3.05, 3.63) is 42.1 Å². The largest absolute Gasteiger partial charge is 0.332 e. The maximum atomic E-state index is 5.62. The molecule has 2 aromatic heterocycles. The van der Waals surface area contributed by atoms with Gasteiger partial charge in [-0.1, -0.05) is 29.4 Å². The van der Waals surface area contributed by atoms with Crippen molar-refractivity contribution in [3.63, 3.8) is 0 Å². The summed E-state index contributed by atoms with van der Waals surface area (Å²) >= 11 is 0. The van der Waals surface area contributed by atoms with Crippen LogP contribution in [0.5, 0.6) is 0 Å². The van der Waals surface area contributed by atoms with Crippen LogP contribution in [0.4, 0.5) is 0 Å². The predicted molar refractivity (Wildman–Crippen MR) is 90.0 cm³/mol. The predicted octanol–water partition coefficient (Wildman–Crippen LogP) is 1.98. The molecule has 0 amide bonds. The number of hydrogen-bond donors (Lipinski definition) is 2. The Morgan fingerprint density at radius 2 is 2.12 bits per heavy atom. The van der Waals surface area contributed by atoms with Crippen molar-refractivity contribution in [2.24, 2.45) is 5.73 Å². The molecule has 0 radical (unpaired) electrons. The SMILES string of the molecule is NCc1ccc(-c2noc(-c3ccn(C4CCCNC4)n3)n2)cc1. The molecule has 1 aromatic carbocycles. The van der Waals surface area contributed by atoms with E-state index in [0.717, 1.165) is 30.6 Å². The van der Waals surface area contributed by atoms with Gasteiger partial charge in [0.15, 0.2) is 5.69 Å². The van der Waals surface area contributed by atoms with Gasteiger partial charge in [-0.3, -0.25) is 4.68 Å². The molecule has 1 unspecified atom stereocenters. The Bertz CT molecular complexity index is 801. The number of rotatable bonds is 4. The van der Waals surface area contributed by atoms with Crippen LogP contribution < -0.4 is 11.1 Å². The minimum atomic E-state index is 0.388. The fraction of sp³-hybridized carbons (Fsp3) is 0.353. The maximum absolute atomic E-state index is 5.62. The maximum Gasteiger partial charge on any atom is 0.278 e. The Balaban J connectivity index is 1.54. The van der Waals surface area contributed by atoms with Crippen molar-refractivity contribution < 1.29 is 4.52 Å². The molecule has 124 valence electrons. The Kier molecular flexibility index (Phi) is 4.10. The molecule has 0 aliphatic carbocycles. The van der Waals surface area contributed by atoms with Crippen LogP contribution in [-0.2, 0) is 6.54 Å². The van der Waals surface area contributed by atoms with Crippen LogP contribution in [0, 0.1) is 0 Å². The van der Waals surface area contributed by atoms with Gasteiger partial charge in [0.1, 0.15) is 0 Å². The summed E-state index contributed by atoms with van der Waals surface area (Å²) in [6.45, 7) is 2.55. The Morgan fingerprint density at radius 1 is 1.25 bits per heavy atom. The van der Waals surface area contributed by atoms with E-state index in [2.05, 4.69) is 20.6 Å². The summed E-state index contributed by atoms with van der Waals surface area (Å²) in [4.78, 5) is 4.46. The topological polar surface area (TPSA) is 94.8 Å².